The number of benzene rings is 3. The van der Waals surface area contributed by atoms with Crippen LogP contribution in [0.2, 0.25) is 0 Å². The van der Waals surface area contributed by atoms with Crippen molar-refractivity contribution in [2.45, 2.75) is 32.0 Å². The van der Waals surface area contributed by atoms with Crippen molar-refractivity contribution in [2.75, 3.05) is 14.1 Å². The van der Waals surface area contributed by atoms with Crippen LogP contribution in [0.25, 0.3) is 0 Å². The van der Waals surface area contributed by atoms with Gasteiger partial charge in [-0.3, -0.25) is 0 Å². The second-order valence-corrected chi connectivity index (χ2v) is 10.3. The molecule has 30 heavy (non-hydrogen) atoms. The highest BCUT2D eigenvalue weighted by Crippen LogP contribution is 2.64. The third-order valence-electron chi connectivity index (χ3n) is 5.87. The molecule has 4 rings (SSSR count). The molecular formula is C26H31N2OP. The molecule has 4 heteroatoms. The lowest BCUT2D eigenvalue weighted by Gasteiger charge is -2.32. The van der Waals surface area contributed by atoms with Gasteiger partial charge in [-0.25, -0.2) is 9.34 Å². The molecule has 0 amide bonds. The van der Waals surface area contributed by atoms with E-state index in [4.69, 9.17) is 4.52 Å². The van der Waals surface area contributed by atoms with Crippen molar-refractivity contribution in [2.24, 2.45) is 5.92 Å². The molecule has 1 fully saturated rings. The van der Waals surface area contributed by atoms with Crippen molar-refractivity contribution in [1.82, 2.24) is 9.34 Å². The molecule has 156 valence electrons. The van der Waals surface area contributed by atoms with Crippen LogP contribution < -0.4 is 0 Å². The normalized spacial score (nSPS) is 21.9. The summed E-state index contributed by atoms with van der Waals surface area (Å²) in [7, 11) is 3.50. The molecule has 1 aliphatic rings. The Bertz CT molecular complexity index is 868. The highest BCUT2D eigenvalue weighted by molar-refractivity contribution is 7.47. The standard InChI is InChI=1S/C26H31N2OP/c1-20(2)26(23-18-12-7-13-19-23)29-30-27(3)24(21-14-8-5-9-15-21)25(28(30)4)22-16-10-6-11-17-22/h5-20,24-26H,1-4H3/t24-,25-,26+/m1/s1. The smallest absolute Gasteiger partial charge is 0.189 e. The Labute approximate surface area is 182 Å². The van der Waals surface area contributed by atoms with Crippen molar-refractivity contribution in [3.8, 4) is 0 Å². The summed E-state index contributed by atoms with van der Waals surface area (Å²) in [6, 6.07) is 32.8. The lowest BCUT2D eigenvalue weighted by molar-refractivity contribution is 0.153. The molecule has 0 N–H and O–H groups in total. The number of nitrogens with zero attached hydrogens (tertiary/aromatic N) is 2. The van der Waals surface area contributed by atoms with Crippen LogP contribution in [0, 0.1) is 5.92 Å². The number of hydrogen-bond acceptors (Lipinski definition) is 3. The topological polar surface area (TPSA) is 15.7 Å². The Morgan fingerprint density at radius 2 is 1.07 bits per heavy atom. The molecule has 0 radical (unpaired) electrons. The molecule has 3 aromatic carbocycles. The minimum Gasteiger partial charge on any atom is -0.323 e. The Morgan fingerprint density at radius 3 is 1.47 bits per heavy atom. The largest absolute Gasteiger partial charge is 0.323 e. The molecular weight excluding hydrogens is 387 g/mol. The molecule has 0 aliphatic carbocycles. The number of likely N-dealkylation sites (N-methyl/N-ethyl adjacent to an activating group) is 2. The van der Waals surface area contributed by atoms with Crippen LogP contribution in [-0.2, 0) is 4.52 Å². The van der Waals surface area contributed by atoms with Gasteiger partial charge in [0.1, 0.15) is 0 Å². The van der Waals surface area contributed by atoms with Gasteiger partial charge in [-0.2, -0.15) is 0 Å². The van der Waals surface area contributed by atoms with Gasteiger partial charge >= 0.3 is 0 Å². The van der Waals surface area contributed by atoms with Crippen LogP contribution in [0.15, 0.2) is 91.0 Å². The summed E-state index contributed by atoms with van der Waals surface area (Å²) in [4.78, 5) is 0. The summed E-state index contributed by atoms with van der Waals surface area (Å²) in [5, 5.41) is 0. The van der Waals surface area contributed by atoms with E-state index in [0.717, 1.165) is 0 Å². The maximum atomic E-state index is 6.90. The van der Waals surface area contributed by atoms with Crippen LogP contribution in [0.1, 0.15) is 48.7 Å². The van der Waals surface area contributed by atoms with Crippen molar-refractivity contribution in [3.05, 3.63) is 108 Å². The predicted molar refractivity (Wildman–Crippen MR) is 126 cm³/mol. The van der Waals surface area contributed by atoms with Gasteiger partial charge < -0.3 is 4.52 Å². The fourth-order valence-electron chi connectivity index (χ4n) is 4.40. The lowest BCUT2D eigenvalue weighted by atomic mass is 9.93. The Hall–Kier alpha value is -2.03. The summed E-state index contributed by atoms with van der Waals surface area (Å²) < 4.78 is 11.8. The van der Waals surface area contributed by atoms with Crippen LogP contribution in [0.4, 0.5) is 0 Å². The highest BCUT2D eigenvalue weighted by atomic mass is 31.2. The fourth-order valence-corrected chi connectivity index (χ4v) is 6.66. The molecule has 3 atom stereocenters. The zero-order valence-electron chi connectivity index (χ0n) is 18.2. The Kier molecular flexibility index (Phi) is 6.65. The van der Waals surface area contributed by atoms with Crippen molar-refractivity contribution < 1.29 is 4.52 Å². The molecule has 3 aromatic rings. The van der Waals surface area contributed by atoms with Gasteiger partial charge in [-0.05, 0) is 36.7 Å². The van der Waals surface area contributed by atoms with Gasteiger partial charge in [0.05, 0.1) is 18.2 Å². The van der Waals surface area contributed by atoms with Crippen LogP contribution >= 0.6 is 8.45 Å². The van der Waals surface area contributed by atoms with E-state index in [1.54, 1.807) is 0 Å². The second kappa shape index (κ2) is 9.41. The van der Waals surface area contributed by atoms with E-state index in [1.807, 2.05) is 0 Å². The quantitative estimate of drug-likeness (QED) is 0.401. The number of hydrogen-bond donors (Lipinski definition) is 0. The van der Waals surface area contributed by atoms with Gasteiger partial charge in [0.2, 0.25) is 0 Å². The third kappa shape index (κ3) is 4.22. The van der Waals surface area contributed by atoms with Gasteiger partial charge in [-0.15, -0.1) is 0 Å². The third-order valence-corrected chi connectivity index (χ3v) is 7.86. The molecule has 0 unspecified atom stereocenters. The molecule has 1 aliphatic heterocycles. The molecule has 0 spiro atoms. The average molecular weight is 419 g/mol. The van der Waals surface area contributed by atoms with E-state index in [2.05, 4.69) is 128 Å². The Morgan fingerprint density at radius 1 is 0.667 bits per heavy atom. The first-order valence-electron chi connectivity index (χ1n) is 10.6. The van der Waals surface area contributed by atoms with Crippen LogP contribution in [-0.4, -0.2) is 23.4 Å². The fraction of sp³-hybridized carbons (Fsp3) is 0.308. The van der Waals surface area contributed by atoms with Crippen molar-refractivity contribution in [3.63, 3.8) is 0 Å². The first-order chi connectivity index (χ1) is 14.6. The molecule has 3 nitrogen and oxygen atoms in total. The van der Waals surface area contributed by atoms with Gasteiger partial charge in [0, 0.05) is 0 Å². The average Bonchev–Trinajstić information content (AvgIpc) is 3.03. The summed E-state index contributed by atoms with van der Waals surface area (Å²) in [5.41, 5.74) is 3.90. The van der Waals surface area contributed by atoms with E-state index in [-0.39, 0.29) is 18.2 Å². The van der Waals surface area contributed by atoms with E-state index in [9.17, 15) is 0 Å². The van der Waals surface area contributed by atoms with Crippen LogP contribution in [0.5, 0.6) is 0 Å². The molecule has 1 saturated heterocycles. The zero-order chi connectivity index (χ0) is 21.1. The van der Waals surface area contributed by atoms with E-state index in [1.165, 1.54) is 16.7 Å². The summed E-state index contributed by atoms with van der Waals surface area (Å²) in [5.74, 6) is 0.391. The lowest BCUT2D eigenvalue weighted by Crippen LogP contribution is -2.20. The van der Waals surface area contributed by atoms with Crippen molar-refractivity contribution >= 4 is 8.45 Å². The van der Waals surface area contributed by atoms with E-state index >= 15 is 0 Å². The minimum atomic E-state index is -0.922. The zero-order valence-corrected chi connectivity index (χ0v) is 19.1. The SMILES string of the molecule is CC(C)[C@H](OP1N(C)[C@H](c2ccccc2)[C@@H](c2ccccc2)N1C)c1ccccc1. The molecule has 0 aromatic heterocycles. The maximum absolute atomic E-state index is 6.90. The number of rotatable bonds is 6. The first kappa shape index (κ1) is 21.2. The van der Waals surface area contributed by atoms with Gasteiger partial charge in [0.25, 0.3) is 0 Å². The van der Waals surface area contributed by atoms with Gasteiger partial charge in [-0.1, -0.05) is 105 Å². The predicted octanol–water partition coefficient (Wildman–Crippen LogP) is 6.99. The minimum absolute atomic E-state index is 0.0631. The molecule has 1 heterocycles. The second-order valence-electron chi connectivity index (χ2n) is 8.29. The summed E-state index contributed by atoms with van der Waals surface area (Å²) in [6.07, 6.45) is 0.0631. The van der Waals surface area contributed by atoms with Crippen molar-refractivity contribution in [1.29, 1.82) is 0 Å². The maximum Gasteiger partial charge on any atom is 0.189 e. The first-order valence-corrected chi connectivity index (χ1v) is 11.8. The van der Waals surface area contributed by atoms with Crippen LogP contribution in [0.3, 0.4) is 0 Å². The Balaban J connectivity index is 1.70. The van der Waals surface area contributed by atoms with E-state index < -0.39 is 8.45 Å². The molecule has 0 saturated carbocycles. The highest BCUT2D eigenvalue weighted by Gasteiger charge is 2.47. The monoisotopic (exact) mass is 418 g/mol. The summed E-state index contributed by atoms with van der Waals surface area (Å²) in [6.45, 7) is 4.48. The molecule has 0 bridgehead atoms. The van der Waals surface area contributed by atoms with Gasteiger partial charge in [0.15, 0.2) is 8.45 Å². The van der Waals surface area contributed by atoms with E-state index in [0.29, 0.717) is 5.92 Å². The summed E-state index contributed by atoms with van der Waals surface area (Å²) >= 11 is 0.